The summed E-state index contributed by atoms with van der Waals surface area (Å²) in [6, 6.07) is 8.48. The van der Waals surface area contributed by atoms with Crippen molar-refractivity contribution in [3.8, 4) is 0 Å². The second kappa shape index (κ2) is 6.81. The van der Waals surface area contributed by atoms with Crippen molar-refractivity contribution in [1.82, 2.24) is 15.2 Å². The van der Waals surface area contributed by atoms with Crippen LogP contribution < -0.4 is 5.32 Å². The summed E-state index contributed by atoms with van der Waals surface area (Å²) in [5, 5.41) is 6.23. The van der Waals surface area contributed by atoms with Gasteiger partial charge in [-0.3, -0.25) is 9.69 Å². The number of carbonyl (C=O) groups excluding carboxylic acids is 1. The molecular weight excluding hydrogens is 306 g/mol. The molecule has 1 aliphatic rings. The fourth-order valence-electron chi connectivity index (χ4n) is 3.19. The molecule has 1 aliphatic heterocycles. The van der Waals surface area contributed by atoms with Crippen LogP contribution >= 0.6 is 11.3 Å². The van der Waals surface area contributed by atoms with Crippen LogP contribution in [0.5, 0.6) is 0 Å². The monoisotopic (exact) mass is 329 g/mol. The molecule has 2 unspecified atom stereocenters. The van der Waals surface area contributed by atoms with E-state index in [9.17, 15) is 4.79 Å². The van der Waals surface area contributed by atoms with Gasteiger partial charge in [0.15, 0.2) is 0 Å². The average molecular weight is 329 g/mol. The Kier molecular flexibility index (Phi) is 4.78. The number of nitrogens with zero attached hydrogens (tertiary/aromatic N) is 2. The summed E-state index contributed by atoms with van der Waals surface area (Å²) in [5.74, 6) is 0.00718. The molecule has 0 fully saturated rings. The van der Waals surface area contributed by atoms with Crippen molar-refractivity contribution in [2.24, 2.45) is 0 Å². The Morgan fingerprint density at radius 2 is 2.22 bits per heavy atom. The molecule has 1 aromatic heterocycles. The molecule has 0 bridgehead atoms. The van der Waals surface area contributed by atoms with E-state index >= 15 is 0 Å². The zero-order valence-electron chi connectivity index (χ0n) is 13.9. The minimum atomic E-state index is -0.108. The number of thiazole rings is 1. The number of hydrogen-bond acceptors (Lipinski definition) is 4. The lowest BCUT2D eigenvalue weighted by atomic mass is 9.83. The summed E-state index contributed by atoms with van der Waals surface area (Å²) in [6.45, 7) is 5.67. The van der Waals surface area contributed by atoms with Crippen LogP contribution in [0.3, 0.4) is 0 Å². The van der Waals surface area contributed by atoms with E-state index in [1.165, 1.54) is 11.1 Å². The quantitative estimate of drug-likeness (QED) is 0.938. The zero-order valence-corrected chi connectivity index (χ0v) is 14.7. The van der Waals surface area contributed by atoms with Gasteiger partial charge in [-0.05, 0) is 32.0 Å². The van der Waals surface area contributed by atoms with Crippen molar-refractivity contribution in [2.75, 3.05) is 13.6 Å². The lowest BCUT2D eigenvalue weighted by Crippen LogP contribution is -2.46. The topological polar surface area (TPSA) is 45.2 Å². The SMILES string of the molecule is Cc1csc(CCNC(=O)C2c3ccccc3CN(C)C2C)n1. The third-order valence-electron chi connectivity index (χ3n) is 4.57. The van der Waals surface area contributed by atoms with Crippen molar-refractivity contribution < 1.29 is 4.79 Å². The molecule has 2 aromatic rings. The minimum Gasteiger partial charge on any atom is -0.355 e. The number of nitrogens with one attached hydrogen (secondary N) is 1. The van der Waals surface area contributed by atoms with Crippen LogP contribution in [0.15, 0.2) is 29.6 Å². The van der Waals surface area contributed by atoms with Gasteiger partial charge in [0, 0.05) is 36.6 Å². The van der Waals surface area contributed by atoms with Gasteiger partial charge in [-0.1, -0.05) is 24.3 Å². The zero-order chi connectivity index (χ0) is 16.4. The van der Waals surface area contributed by atoms with Gasteiger partial charge in [0.05, 0.1) is 10.9 Å². The first kappa shape index (κ1) is 16.1. The van der Waals surface area contributed by atoms with Crippen molar-refractivity contribution in [1.29, 1.82) is 0 Å². The molecule has 0 spiro atoms. The largest absolute Gasteiger partial charge is 0.355 e. The molecule has 23 heavy (non-hydrogen) atoms. The third kappa shape index (κ3) is 3.46. The van der Waals surface area contributed by atoms with Crippen LogP contribution in [-0.2, 0) is 17.8 Å². The summed E-state index contributed by atoms with van der Waals surface area (Å²) < 4.78 is 0. The van der Waals surface area contributed by atoms with E-state index in [-0.39, 0.29) is 17.9 Å². The molecule has 5 heteroatoms. The number of rotatable bonds is 4. The first-order chi connectivity index (χ1) is 11.1. The predicted octanol–water partition coefficient (Wildman–Crippen LogP) is 2.73. The summed E-state index contributed by atoms with van der Waals surface area (Å²) in [4.78, 5) is 19.4. The van der Waals surface area contributed by atoms with Gasteiger partial charge in [0.25, 0.3) is 0 Å². The van der Waals surface area contributed by atoms with Crippen molar-refractivity contribution in [3.05, 3.63) is 51.5 Å². The van der Waals surface area contributed by atoms with Crippen molar-refractivity contribution in [3.63, 3.8) is 0 Å². The number of carbonyl (C=O) groups is 1. The first-order valence-corrected chi connectivity index (χ1v) is 8.91. The Balaban J connectivity index is 1.68. The molecule has 122 valence electrons. The Hall–Kier alpha value is -1.72. The van der Waals surface area contributed by atoms with Gasteiger partial charge in [-0.2, -0.15) is 0 Å². The maximum Gasteiger partial charge on any atom is 0.229 e. The Morgan fingerprint density at radius 3 is 2.96 bits per heavy atom. The van der Waals surface area contributed by atoms with Gasteiger partial charge in [-0.15, -0.1) is 11.3 Å². The standard InChI is InChI=1S/C18H23N3OS/c1-12-11-23-16(20-12)8-9-19-18(22)17-13(2)21(3)10-14-6-4-5-7-15(14)17/h4-7,11,13,17H,8-10H2,1-3H3,(H,19,22). The Bertz CT molecular complexity index is 697. The summed E-state index contributed by atoms with van der Waals surface area (Å²) in [6.07, 6.45) is 0.794. The molecule has 0 saturated carbocycles. The Morgan fingerprint density at radius 1 is 1.43 bits per heavy atom. The van der Waals surface area contributed by atoms with Crippen LogP contribution in [0, 0.1) is 6.92 Å². The van der Waals surface area contributed by atoms with Gasteiger partial charge >= 0.3 is 0 Å². The van der Waals surface area contributed by atoms with E-state index in [0.717, 1.165) is 23.7 Å². The summed E-state index contributed by atoms with van der Waals surface area (Å²) in [7, 11) is 2.08. The number of benzene rings is 1. The highest BCUT2D eigenvalue weighted by Crippen LogP contribution is 2.32. The third-order valence-corrected chi connectivity index (χ3v) is 5.60. The lowest BCUT2D eigenvalue weighted by molar-refractivity contribution is -0.124. The highest BCUT2D eigenvalue weighted by molar-refractivity contribution is 7.09. The van der Waals surface area contributed by atoms with Crippen LogP contribution in [0.25, 0.3) is 0 Å². The molecule has 0 saturated heterocycles. The van der Waals surface area contributed by atoms with Crippen LogP contribution in [0.1, 0.15) is 34.7 Å². The second-order valence-corrected chi connectivity index (χ2v) is 7.20. The lowest BCUT2D eigenvalue weighted by Gasteiger charge is -2.37. The van der Waals surface area contributed by atoms with E-state index in [4.69, 9.17) is 0 Å². The molecule has 3 rings (SSSR count). The van der Waals surface area contributed by atoms with Gasteiger partial charge in [-0.25, -0.2) is 4.98 Å². The highest BCUT2D eigenvalue weighted by atomic mass is 32.1. The fraction of sp³-hybridized carbons (Fsp3) is 0.444. The maximum atomic E-state index is 12.8. The number of aryl methyl sites for hydroxylation is 1. The van der Waals surface area contributed by atoms with E-state index in [1.54, 1.807) is 11.3 Å². The van der Waals surface area contributed by atoms with Gasteiger partial charge in [0.1, 0.15) is 0 Å². The van der Waals surface area contributed by atoms with E-state index in [2.05, 4.69) is 41.3 Å². The summed E-state index contributed by atoms with van der Waals surface area (Å²) >= 11 is 1.66. The molecule has 0 radical (unpaired) electrons. The number of fused-ring (bicyclic) bond motifs is 1. The molecule has 4 nitrogen and oxygen atoms in total. The molecule has 2 heterocycles. The molecule has 0 aliphatic carbocycles. The second-order valence-electron chi connectivity index (χ2n) is 6.26. The summed E-state index contributed by atoms with van der Waals surface area (Å²) in [5.41, 5.74) is 3.47. The van der Waals surface area contributed by atoms with Gasteiger partial charge in [0.2, 0.25) is 5.91 Å². The normalized spacial score (nSPS) is 21.0. The van der Waals surface area contributed by atoms with Crippen molar-refractivity contribution in [2.45, 2.75) is 38.8 Å². The molecule has 1 amide bonds. The smallest absolute Gasteiger partial charge is 0.229 e. The van der Waals surface area contributed by atoms with Crippen LogP contribution in [-0.4, -0.2) is 35.4 Å². The number of aromatic nitrogens is 1. The molecular formula is C18H23N3OS. The maximum absolute atomic E-state index is 12.8. The first-order valence-electron chi connectivity index (χ1n) is 8.03. The molecule has 1 aromatic carbocycles. The van der Waals surface area contributed by atoms with Crippen LogP contribution in [0.4, 0.5) is 0 Å². The number of likely N-dealkylation sites (N-methyl/N-ethyl adjacent to an activating group) is 1. The number of amides is 1. The minimum absolute atomic E-state index is 0.108. The highest BCUT2D eigenvalue weighted by Gasteiger charge is 2.34. The predicted molar refractivity (Wildman–Crippen MR) is 93.7 cm³/mol. The average Bonchev–Trinajstić information content (AvgIpc) is 2.94. The van der Waals surface area contributed by atoms with E-state index in [0.29, 0.717) is 6.54 Å². The van der Waals surface area contributed by atoms with Crippen LogP contribution in [0.2, 0.25) is 0 Å². The van der Waals surface area contributed by atoms with Gasteiger partial charge < -0.3 is 5.32 Å². The number of hydrogen-bond donors (Lipinski definition) is 1. The Labute approximate surface area is 141 Å². The molecule has 1 N–H and O–H groups in total. The molecule has 2 atom stereocenters. The van der Waals surface area contributed by atoms with Crippen molar-refractivity contribution >= 4 is 17.2 Å². The van der Waals surface area contributed by atoms with E-state index < -0.39 is 0 Å². The fourth-order valence-corrected chi connectivity index (χ4v) is 3.96. The van der Waals surface area contributed by atoms with E-state index in [1.807, 2.05) is 24.4 Å².